The number of ether oxygens (including phenoxy) is 1. The Hall–Kier alpha value is -2.97. The minimum absolute atomic E-state index is 0.124. The van der Waals surface area contributed by atoms with E-state index in [1.807, 2.05) is 42.5 Å². The van der Waals surface area contributed by atoms with E-state index in [2.05, 4.69) is 16.0 Å². The van der Waals surface area contributed by atoms with Crippen molar-refractivity contribution in [3.63, 3.8) is 0 Å². The second-order valence-electron chi connectivity index (χ2n) is 7.62. The molecule has 2 heterocycles. The van der Waals surface area contributed by atoms with Gasteiger partial charge < -0.3 is 25.6 Å². The molecule has 0 aliphatic carbocycles. The van der Waals surface area contributed by atoms with Crippen molar-refractivity contribution in [2.75, 3.05) is 25.5 Å². The summed E-state index contributed by atoms with van der Waals surface area (Å²) in [5, 5.41) is 10.5. The number of nitrogens with one attached hydrogen (secondary N) is 3. The van der Waals surface area contributed by atoms with Crippen LogP contribution in [-0.4, -0.2) is 61.1 Å². The number of carbonyl (C=O) groups excluding carboxylic acids is 3. The summed E-state index contributed by atoms with van der Waals surface area (Å²) in [6.07, 6.45) is 1.06. The molecule has 8 heteroatoms. The van der Waals surface area contributed by atoms with Gasteiger partial charge in [-0.2, -0.15) is 0 Å². The number of benzene rings is 2. The van der Waals surface area contributed by atoms with Crippen LogP contribution in [0.25, 0.3) is 10.8 Å². The third kappa shape index (κ3) is 4.01. The van der Waals surface area contributed by atoms with Crippen molar-refractivity contribution in [3.05, 3.63) is 42.5 Å². The van der Waals surface area contributed by atoms with Crippen LogP contribution in [0.5, 0.6) is 0 Å². The molecule has 2 aromatic rings. The number of fused-ring (bicyclic) bond motifs is 2. The number of amides is 3. The van der Waals surface area contributed by atoms with Gasteiger partial charge in [0.15, 0.2) is 0 Å². The predicted molar refractivity (Wildman–Crippen MR) is 113 cm³/mol. The molecule has 158 valence electrons. The Balaban J connectivity index is 1.53. The monoisotopic (exact) mass is 410 g/mol. The third-order valence-corrected chi connectivity index (χ3v) is 5.63. The first-order valence-corrected chi connectivity index (χ1v) is 10.2. The van der Waals surface area contributed by atoms with Gasteiger partial charge in [-0.15, -0.1) is 0 Å². The van der Waals surface area contributed by atoms with E-state index >= 15 is 0 Å². The standard InChI is InChI=1S/C22H26N4O4/c1-23-13-19(27)24-17-11-12-30-20-10-9-18(26(20)22(17)29)21(28)25-16-8-4-6-14-5-2-3-7-15(14)16/h2-8,17-18,20,23H,9-13H2,1H3,(H,24,27)(H,25,28). The molecule has 0 spiro atoms. The van der Waals surface area contributed by atoms with Gasteiger partial charge in [0, 0.05) is 17.5 Å². The Morgan fingerprint density at radius 3 is 2.73 bits per heavy atom. The van der Waals surface area contributed by atoms with Crippen LogP contribution in [-0.2, 0) is 19.1 Å². The summed E-state index contributed by atoms with van der Waals surface area (Å²) >= 11 is 0. The van der Waals surface area contributed by atoms with Crippen molar-refractivity contribution < 1.29 is 19.1 Å². The fourth-order valence-corrected chi connectivity index (χ4v) is 4.21. The first-order chi connectivity index (χ1) is 14.6. The van der Waals surface area contributed by atoms with Crippen LogP contribution in [0.15, 0.2) is 42.5 Å². The molecular formula is C22H26N4O4. The van der Waals surface area contributed by atoms with Crippen molar-refractivity contribution in [3.8, 4) is 0 Å². The molecule has 0 radical (unpaired) electrons. The van der Waals surface area contributed by atoms with E-state index in [1.165, 1.54) is 4.90 Å². The summed E-state index contributed by atoms with van der Waals surface area (Å²) in [5.41, 5.74) is 0.712. The van der Waals surface area contributed by atoms with Gasteiger partial charge in [-0.25, -0.2) is 0 Å². The lowest BCUT2D eigenvalue weighted by Crippen LogP contribution is -2.54. The maximum atomic E-state index is 13.2. The summed E-state index contributed by atoms with van der Waals surface area (Å²) in [7, 11) is 1.67. The van der Waals surface area contributed by atoms with Gasteiger partial charge in [0.25, 0.3) is 0 Å². The van der Waals surface area contributed by atoms with Crippen molar-refractivity contribution in [1.82, 2.24) is 15.5 Å². The van der Waals surface area contributed by atoms with E-state index in [9.17, 15) is 14.4 Å². The SMILES string of the molecule is CNCC(=O)NC1CCOC2CCC(C(=O)Nc3cccc4ccccc34)N2C1=O. The molecule has 2 fully saturated rings. The minimum Gasteiger partial charge on any atom is -0.358 e. The number of hydrogen-bond donors (Lipinski definition) is 3. The molecule has 2 aromatic carbocycles. The predicted octanol–water partition coefficient (Wildman–Crippen LogP) is 1.22. The quantitative estimate of drug-likeness (QED) is 0.688. The Morgan fingerprint density at radius 1 is 1.10 bits per heavy atom. The number of hydrogen-bond acceptors (Lipinski definition) is 5. The van der Waals surface area contributed by atoms with Crippen LogP contribution in [0.3, 0.4) is 0 Å². The van der Waals surface area contributed by atoms with Crippen molar-refractivity contribution in [1.29, 1.82) is 0 Å². The van der Waals surface area contributed by atoms with Crippen LogP contribution in [0.2, 0.25) is 0 Å². The molecule has 0 aromatic heterocycles. The van der Waals surface area contributed by atoms with E-state index in [4.69, 9.17) is 4.74 Å². The van der Waals surface area contributed by atoms with Gasteiger partial charge in [0.05, 0.1) is 13.2 Å². The zero-order valence-electron chi connectivity index (χ0n) is 16.9. The zero-order chi connectivity index (χ0) is 21.1. The van der Waals surface area contributed by atoms with Gasteiger partial charge in [0.1, 0.15) is 18.3 Å². The molecular weight excluding hydrogens is 384 g/mol. The Kier molecular flexibility index (Phi) is 5.96. The van der Waals surface area contributed by atoms with E-state index in [0.29, 0.717) is 31.6 Å². The largest absolute Gasteiger partial charge is 0.358 e. The van der Waals surface area contributed by atoms with Gasteiger partial charge in [-0.1, -0.05) is 36.4 Å². The molecule has 2 aliphatic rings. The van der Waals surface area contributed by atoms with Gasteiger partial charge >= 0.3 is 0 Å². The molecule has 3 atom stereocenters. The smallest absolute Gasteiger partial charge is 0.247 e. The van der Waals surface area contributed by atoms with Crippen molar-refractivity contribution >= 4 is 34.2 Å². The lowest BCUT2D eigenvalue weighted by Gasteiger charge is -2.29. The zero-order valence-corrected chi connectivity index (χ0v) is 16.9. The second-order valence-corrected chi connectivity index (χ2v) is 7.62. The maximum absolute atomic E-state index is 13.2. The van der Waals surface area contributed by atoms with Gasteiger partial charge in [0.2, 0.25) is 17.7 Å². The molecule has 3 amide bonds. The van der Waals surface area contributed by atoms with Gasteiger partial charge in [-0.3, -0.25) is 14.4 Å². The van der Waals surface area contributed by atoms with Crippen molar-refractivity contribution in [2.45, 2.75) is 37.6 Å². The van der Waals surface area contributed by atoms with Crippen LogP contribution in [0, 0.1) is 0 Å². The van der Waals surface area contributed by atoms with E-state index in [-0.39, 0.29) is 24.3 Å². The normalized spacial score (nSPS) is 23.7. The average molecular weight is 410 g/mol. The summed E-state index contributed by atoms with van der Waals surface area (Å²) < 4.78 is 5.83. The molecule has 4 rings (SSSR count). The fourth-order valence-electron chi connectivity index (χ4n) is 4.21. The number of likely N-dealkylation sites (N-methyl/N-ethyl adjacent to an activating group) is 1. The molecule has 8 nitrogen and oxygen atoms in total. The van der Waals surface area contributed by atoms with Crippen molar-refractivity contribution in [2.24, 2.45) is 0 Å². The summed E-state index contributed by atoms with van der Waals surface area (Å²) in [4.78, 5) is 39.8. The lowest BCUT2D eigenvalue weighted by molar-refractivity contribution is -0.147. The Labute approximate surface area is 174 Å². The summed E-state index contributed by atoms with van der Waals surface area (Å²) in [6.45, 7) is 0.480. The number of rotatable bonds is 5. The molecule has 2 saturated heterocycles. The summed E-state index contributed by atoms with van der Waals surface area (Å²) in [6, 6.07) is 12.2. The van der Waals surface area contributed by atoms with E-state index < -0.39 is 18.3 Å². The van der Waals surface area contributed by atoms with E-state index in [0.717, 1.165) is 10.8 Å². The molecule has 0 saturated carbocycles. The van der Waals surface area contributed by atoms with Gasteiger partial charge in [-0.05, 0) is 31.3 Å². The lowest BCUT2D eigenvalue weighted by atomic mass is 10.1. The second kappa shape index (κ2) is 8.81. The maximum Gasteiger partial charge on any atom is 0.247 e. The highest BCUT2D eigenvalue weighted by Crippen LogP contribution is 2.30. The third-order valence-electron chi connectivity index (χ3n) is 5.63. The van der Waals surface area contributed by atoms with Crippen LogP contribution >= 0.6 is 0 Å². The first kappa shape index (κ1) is 20.3. The Morgan fingerprint density at radius 2 is 1.90 bits per heavy atom. The number of anilines is 1. The fraction of sp³-hybridized carbons (Fsp3) is 0.409. The average Bonchev–Trinajstić information content (AvgIpc) is 3.10. The molecule has 3 unspecified atom stereocenters. The first-order valence-electron chi connectivity index (χ1n) is 10.2. The Bertz CT molecular complexity index is 958. The minimum atomic E-state index is -0.693. The molecule has 0 bridgehead atoms. The number of carbonyl (C=O) groups is 3. The molecule has 3 N–H and O–H groups in total. The highest BCUT2D eigenvalue weighted by atomic mass is 16.5. The number of nitrogens with zero attached hydrogens (tertiary/aromatic N) is 1. The van der Waals surface area contributed by atoms with Crippen LogP contribution in [0.4, 0.5) is 5.69 Å². The van der Waals surface area contributed by atoms with E-state index in [1.54, 1.807) is 7.05 Å². The molecule has 2 aliphatic heterocycles. The summed E-state index contributed by atoms with van der Waals surface area (Å²) in [5.74, 6) is -0.768. The van der Waals surface area contributed by atoms with Crippen LogP contribution in [0.1, 0.15) is 19.3 Å². The topological polar surface area (TPSA) is 99.8 Å². The van der Waals surface area contributed by atoms with Crippen LogP contribution < -0.4 is 16.0 Å². The highest BCUT2D eigenvalue weighted by Gasteiger charge is 2.45. The molecule has 30 heavy (non-hydrogen) atoms. The highest BCUT2D eigenvalue weighted by molar-refractivity contribution is 6.05.